The third-order valence-corrected chi connectivity index (χ3v) is 3.50. The van der Waals surface area contributed by atoms with Crippen LogP contribution in [0.5, 0.6) is 11.5 Å². The van der Waals surface area contributed by atoms with Gasteiger partial charge in [-0.05, 0) is 28.5 Å². The Kier molecular flexibility index (Phi) is 2.07. The van der Waals surface area contributed by atoms with Crippen LogP contribution in [0.3, 0.4) is 0 Å². The van der Waals surface area contributed by atoms with Gasteiger partial charge in [0.25, 0.3) is 0 Å². The van der Waals surface area contributed by atoms with Crippen molar-refractivity contribution in [3.05, 3.63) is 35.4 Å². The van der Waals surface area contributed by atoms with Crippen LogP contribution in [-0.4, -0.2) is 17.7 Å². The second-order valence-corrected chi connectivity index (χ2v) is 4.71. The van der Waals surface area contributed by atoms with Gasteiger partial charge in [0.2, 0.25) is 6.79 Å². The molecule has 1 aromatic carbocycles. The van der Waals surface area contributed by atoms with Crippen LogP contribution < -0.4 is 9.47 Å². The highest BCUT2D eigenvalue weighted by Crippen LogP contribution is 2.32. The maximum Gasteiger partial charge on any atom is 0.231 e. The first kappa shape index (κ1) is 8.73. The van der Waals surface area contributed by atoms with Gasteiger partial charge in [0.05, 0.1) is 5.55 Å². The average Bonchev–Trinajstić information content (AvgIpc) is 2.87. The van der Waals surface area contributed by atoms with E-state index in [-0.39, 0.29) is 10.5 Å². The molecule has 1 atom stereocenters. The Morgan fingerprint density at radius 2 is 2.20 bits per heavy atom. The lowest BCUT2D eigenvalue weighted by Gasteiger charge is -1.98. The molecule has 3 nitrogen and oxygen atoms in total. The van der Waals surface area contributed by atoms with Crippen LogP contribution in [0.1, 0.15) is 5.56 Å². The van der Waals surface area contributed by atoms with E-state index in [1.807, 2.05) is 29.9 Å². The van der Waals surface area contributed by atoms with Crippen molar-refractivity contribution in [3.63, 3.8) is 0 Å². The van der Waals surface area contributed by atoms with Gasteiger partial charge in [-0.2, -0.15) is 0 Å². The summed E-state index contributed by atoms with van der Waals surface area (Å²) in [5.74, 6) is 1.65. The van der Waals surface area contributed by atoms with Gasteiger partial charge >= 0.3 is 0 Å². The topological polar surface area (TPSA) is 30.8 Å². The average molecular weight is 219 g/mol. The molecular formula is C11H9NO2S. The quantitative estimate of drug-likeness (QED) is 0.679. The van der Waals surface area contributed by atoms with Gasteiger partial charge in [-0.3, -0.25) is 4.99 Å². The maximum atomic E-state index is 5.31. The van der Waals surface area contributed by atoms with E-state index in [0.29, 0.717) is 6.79 Å². The number of nitrogens with zero attached hydrogens (tertiary/aromatic N) is 1. The third-order valence-electron chi connectivity index (χ3n) is 2.16. The molecule has 0 saturated carbocycles. The molecule has 0 radical (unpaired) electrons. The number of hydrogen-bond donors (Lipinski definition) is 0. The standard InChI is InChI=1S/C11H9NO2S/c1-2-10-11(14-8-13-10)5-9(1)6-15-4-3-12-7-15/h1-7H,8H2. The molecule has 3 rings (SSSR count). The van der Waals surface area contributed by atoms with Gasteiger partial charge in [-0.15, -0.1) is 10.5 Å². The molecule has 1 aromatic rings. The predicted octanol–water partition coefficient (Wildman–Crippen LogP) is 2.35. The monoisotopic (exact) mass is 219 g/mol. The molecule has 0 spiro atoms. The van der Waals surface area contributed by atoms with Crippen LogP contribution >= 0.6 is 10.5 Å². The van der Waals surface area contributed by atoms with Crippen LogP contribution in [0.15, 0.2) is 34.8 Å². The van der Waals surface area contributed by atoms with E-state index in [9.17, 15) is 0 Å². The number of hydrogen-bond acceptors (Lipinski definition) is 3. The maximum absolute atomic E-state index is 5.31. The summed E-state index contributed by atoms with van der Waals surface area (Å²) in [5.41, 5.74) is 3.07. The normalized spacial score (nSPS) is 21.5. The Morgan fingerprint density at radius 1 is 1.27 bits per heavy atom. The van der Waals surface area contributed by atoms with E-state index >= 15 is 0 Å². The highest BCUT2D eigenvalue weighted by Gasteiger charge is 2.12. The lowest BCUT2D eigenvalue weighted by atomic mass is 10.2. The van der Waals surface area contributed by atoms with Gasteiger partial charge < -0.3 is 9.47 Å². The summed E-state index contributed by atoms with van der Waals surface area (Å²) in [6.45, 7) is 0.325. The molecule has 0 saturated heterocycles. The first-order valence-electron chi connectivity index (χ1n) is 4.57. The molecule has 0 N–H and O–H groups in total. The van der Waals surface area contributed by atoms with Crippen LogP contribution in [-0.2, 0) is 0 Å². The summed E-state index contributed by atoms with van der Waals surface area (Å²) >= 11 is 0. The van der Waals surface area contributed by atoms with Crippen molar-refractivity contribution < 1.29 is 9.47 Å². The molecule has 4 heteroatoms. The Labute approximate surface area is 90.0 Å². The Bertz CT molecular complexity index is 477. The van der Waals surface area contributed by atoms with E-state index in [4.69, 9.17) is 9.47 Å². The molecule has 0 bridgehead atoms. The van der Waals surface area contributed by atoms with Crippen molar-refractivity contribution in [2.45, 2.75) is 0 Å². The molecule has 1 unspecified atom stereocenters. The van der Waals surface area contributed by atoms with E-state index < -0.39 is 0 Å². The van der Waals surface area contributed by atoms with Crippen LogP contribution in [0.4, 0.5) is 0 Å². The number of benzene rings is 1. The zero-order valence-electron chi connectivity index (χ0n) is 7.92. The van der Waals surface area contributed by atoms with Crippen LogP contribution in [0.2, 0.25) is 0 Å². The van der Waals surface area contributed by atoms with Gasteiger partial charge in [-0.1, -0.05) is 6.07 Å². The number of ether oxygens (including phenoxy) is 2. The van der Waals surface area contributed by atoms with Crippen molar-refractivity contribution in [1.29, 1.82) is 0 Å². The number of aliphatic imine (C=N–C) groups is 1. The van der Waals surface area contributed by atoms with Gasteiger partial charge in [0, 0.05) is 6.20 Å². The lowest BCUT2D eigenvalue weighted by molar-refractivity contribution is 0.174. The highest BCUT2D eigenvalue weighted by molar-refractivity contribution is 8.29. The summed E-state index contributed by atoms with van der Waals surface area (Å²) in [5, 5.41) is 4.24. The minimum Gasteiger partial charge on any atom is -0.454 e. The Hall–Kier alpha value is -1.55. The number of fused-ring (bicyclic) bond motifs is 1. The summed E-state index contributed by atoms with van der Waals surface area (Å²) < 4.78 is 10.6. The second-order valence-electron chi connectivity index (χ2n) is 3.18. The number of rotatable bonds is 1. The van der Waals surface area contributed by atoms with Crippen molar-refractivity contribution >= 4 is 21.4 Å². The molecule has 2 aliphatic heterocycles. The third kappa shape index (κ3) is 1.68. The minimum atomic E-state index is 0.0317. The zero-order valence-corrected chi connectivity index (χ0v) is 8.74. The molecule has 0 amide bonds. The van der Waals surface area contributed by atoms with Crippen molar-refractivity contribution in [2.75, 3.05) is 6.79 Å². The Balaban J connectivity index is 1.96. The molecular weight excluding hydrogens is 210 g/mol. The SMILES string of the molecule is C1=CS(=Cc2ccc3c(c2)OCO3)C=N1. The van der Waals surface area contributed by atoms with Crippen molar-refractivity contribution in [2.24, 2.45) is 4.99 Å². The first-order valence-corrected chi connectivity index (χ1v) is 5.98. The second kappa shape index (κ2) is 3.55. The Morgan fingerprint density at radius 3 is 3.07 bits per heavy atom. The largest absolute Gasteiger partial charge is 0.454 e. The summed E-state index contributed by atoms with van der Waals surface area (Å²) in [4.78, 5) is 4.05. The van der Waals surface area contributed by atoms with Gasteiger partial charge in [0.1, 0.15) is 0 Å². The molecule has 15 heavy (non-hydrogen) atoms. The molecule has 2 aliphatic rings. The predicted molar refractivity (Wildman–Crippen MR) is 63.0 cm³/mol. The van der Waals surface area contributed by atoms with Crippen molar-refractivity contribution in [1.82, 2.24) is 0 Å². The van der Waals surface area contributed by atoms with Crippen LogP contribution in [0, 0.1) is 0 Å². The van der Waals surface area contributed by atoms with Crippen molar-refractivity contribution in [3.8, 4) is 11.5 Å². The minimum absolute atomic E-state index is 0.0317. The van der Waals surface area contributed by atoms with E-state index in [1.54, 1.807) is 0 Å². The molecule has 76 valence electrons. The van der Waals surface area contributed by atoms with E-state index in [2.05, 4.69) is 15.8 Å². The highest BCUT2D eigenvalue weighted by atomic mass is 32.2. The fourth-order valence-electron chi connectivity index (χ4n) is 1.46. The van der Waals surface area contributed by atoms with Gasteiger partial charge in [0.15, 0.2) is 11.5 Å². The molecule has 2 heterocycles. The first-order chi connectivity index (χ1) is 7.42. The molecule has 0 fully saturated rings. The van der Waals surface area contributed by atoms with Gasteiger partial charge in [-0.25, -0.2) is 0 Å². The summed E-state index contributed by atoms with van der Waals surface area (Å²) in [7, 11) is 0.0317. The molecule has 0 aliphatic carbocycles. The zero-order chi connectivity index (χ0) is 10.1. The summed E-state index contributed by atoms with van der Waals surface area (Å²) in [6, 6.07) is 5.96. The fourth-order valence-corrected chi connectivity index (χ4v) is 2.55. The van der Waals surface area contributed by atoms with Crippen LogP contribution in [0.25, 0.3) is 0 Å². The molecule has 0 aromatic heterocycles. The fraction of sp³-hybridized carbons (Fsp3) is 0.0909. The van der Waals surface area contributed by atoms with E-state index in [1.165, 1.54) is 0 Å². The lowest BCUT2D eigenvalue weighted by Crippen LogP contribution is -1.92. The smallest absolute Gasteiger partial charge is 0.231 e. The summed E-state index contributed by atoms with van der Waals surface area (Å²) in [6.07, 6.45) is 1.83. The van der Waals surface area contributed by atoms with E-state index in [0.717, 1.165) is 17.1 Å².